The quantitative estimate of drug-likeness (QED) is 0.429. The number of unbranched alkanes of at least 4 members (excludes halogenated alkanes) is 3. The van der Waals surface area contributed by atoms with E-state index in [1.807, 2.05) is 0 Å². The van der Waals surface area contributed by atoms with Gasteiger partial charge in [-0.05, 0) is 12.8 Å². The first kappa shape index (κ1) is 13.7. The Labute approximate surface area is 80.5 Å². The van der Waals surface area contributed by atoms with Crippen molar-refractivity contribution in [3.8, 4) is 0 Å². The van der Waals surface area contributed by atoms with Gasteiger partial charge in [-0.2, -0.15) is 0 Å². The van der Waals surface area contributed by atoms with E-state index in [1.165, 1.54) is 0 Å². The average Bonchev–Trinajstić information content (AvgIpc) is 2.16. The molecule has 0 aliphatic rings. The van der Waals surface area contributed by atoms with Gasteiger partial charge in [0.25, 0.3) is 6.43 Å². The zero-order valence-corrected chi connectivity index (χ0v) is 7.86. The number of hydrogen-bond acceptors (Lipinski definition) is 0. The Morgan fingerprint density at radius 2 is 1.36 bits per heavy atom. The molecular weight excluding hydrogens is 203 g/mol. The van der Waals surface area contributed by atoms with E-state index < -0.39 is 25.4 Å². The molecule has 14 heavy (non-hydrogen) atoms. The lowest BCUT2D eigenvalue weighted by molar-refractivity contribution is 0.000487. The highest BCUT2D eigenvalue weighted by molar-refractivity contribution is 4.70. The van der Waals surface area contributed by atoms with E-state index in [0.29, 0.717) is 25.7 Å². The van der Waals surface area contributed by atoms with Crippen LogP contribution in [0.3, 0.4) is 0 Å². The smallest absolute Gasteiger partial charge is 0.251 e. The Morgan fingerprint density at radius 3 is 1.86 bits per heavy atom. The topological polar surface area (TPSA) is 0 Å². The first-order chi connectivity index (χ1) is 6.59. The third-order valence-electron chi connectivity index (χ3n) is 1.95. The lowest BCUT2D eigenvalue weighted by Crippen LogP contribution is -2.24. The monoisotopic (exact) mass is 218 g/mol. The van der Waals surface area contributed by atoms with Crippen LogP contribution < -0.4 is 0 Å². The van der Waals surface area contributed by atoms with Gasteiger partial charge in [-0.15, -0.1) is 0 Å². The van der Waals surface area contributed by atoms with Crippen LogP contribution in [0.1, 0.15) is 32.1 Å². The fourth-order valence-electron chi connectivity index (χ4n) is 1.10. The molecule has 86 valence electrons. The molecule has 0 saturated carbocycles. The summed E-state index contributed by atoms with van der Waals surface area (Å²) in [7, 11) is 0. The molecular formula is C9H15F5. The summed E-state index contributed by atoms with van der Waals surface area (Å²) < 4.78 is 59.8. The second-order valence-corrected chi connectivity index (χ2v) is 3.19. The SMILES string of the molecule is FCCCCCCC(F)C(F)C(F)F. The van der Waals surface area contributed by atoms with Gasteiger partial charge in [0.1, 0.15) is 6.17 Å². The zero-order chi connectivity index (χ0) is 11.0. The number of alkyl halides is 5. The van der Waals surface area contributed by atoms with E-state index in [1.54, 1.807) is 0 Å². The summed E-state index contributed by atoms with van der Waals surface area (Å²) in [5.74, 6) is 0. The molecule has 0 aromatic heterocycles. The molecule has 0 aliphatic carbocycles. The van der Waals surface area contributed by atoms with Crippen LogP contribution in [0.2, 0.25) is 0 Å². The predicted octanol–water partition coefficient (Wildman–Crippen LogP) is 3.85. The van der Waals surface area contributed by atoms with Gasteiger partial charge in [0.15, 0.2) is 6.17 Å². The van der Waals surface area contributed by atoms with Gasteiger partial charge in [0, 0.05) is 0 Å². The summed E-state index contributed by atoms with van der Waals surface area (Å²) in [6.07, 6.45) is -6.38. The van der Waals surface area contributed by atoms with Crippen LogP contribution in [0, 0.1) is 0 Å². The molecule has 0 fully saturated rings. The van der Waals surface area contributed by atoms with Crippen molar-refractivity contribution in [3.05, 3.63) is 0 Å². The summed E-state index contributed by atoms with van der Waals surface area (Å²) in [6, 6.07) is 0. The third kappa shape index (κ3) is 6.16. The molecule has 0 nitrogen and oxygen atoms in total. The van der Waals surface area contributed by atoms with E-state index in [4.69, 9.17) is 0 Å². The first-order valence-corrected chi connectivity index (χ1v) is 4.72. The molecule has 2 atom stereocenters. The van der Waals surface area contributed by atoms with Crippen LogP contribution in [-0.2, 0) is 0 Å². The summed E-state index contributed by atoms with van der Waals surface area (Å²) in [6.45, 7) is -0.429. The van der Waals surface area contributed by atoms with E-state index in [-0.39, 0.29) is 6.42 Å². The summed E-state index contributed by atoms with van der Waals surface area (Å²) in [4.78, 5) is 0. The minimum atomic E-state index is -3.25. The molecule has 0 heterocycles. The first-order valence-electron chi connectivity index (χ1n) is 4.72. The van der Waals surface area contributed by atoms with Crippen LogP contribution in [-0.4, -0.2) is 25.4 Å². The van der Waals surface area contributed by atoms with E-state index in [9.17, 15) is 22.0 Å². The predicted molar refractivity (Wildman–Crippen MR) is 44.9 cm³/mol. The van der Waals surface area contributed by atoms with Crippen LogP contribution in [0.25, 0.3) is 0 Å². The maximum absolute atomic E-state index is 12.6. The largest absolute Gasteiger partial charge is 0.272 e. The highest BCUT2D eigenvalue weighted by Crippen LogP contribution is 2.18. The van der Waals surface area contributed by atoms with Gasteiger partial charge < -0.3 is 0 Å². The Kier molecular flexibility index (Phi) is 7.80. The lowest BCUT2D eigenvalue weighted by atomic mass is 10.1. The maximum Gasteiger partial charge on any atom is 0.272 e. The number of halogens is 5. The Balaban J connectivity index is 3.39. The van der Waals surface area contributed by atoms with Gasteiger partial charge in [-0.3, -0.25) is 4.39 Å². The van der Waals surface area contributed by atoms with Crippen LogP contribution in [0.15, 0.2) is 0 Å². The van der Waals surface area contributed by atoms with Gasteiger partial charge >= 0.3 is 0 Å². The molecule has 0 aromatic rings. The van der Waals surface area contributed by atoms with E-state index in [2.05, 4.69) is 0 Å². The second kappa shape index (κ2) is 8.00. The number of rotatable bonds is 8. The van der Waals surface area contributed by atoms with Gasteiger partial charge in [0.2, 0.25) is 0 Å². The van der Waals surface area contributed by atoms with Crippen molar-refractivity contribution in [2.45, 2.75) is 50.9 Å². The van der Waals surface area contributed by atoms with E-state index in [0.717, 1.165) is 0 Å². The van der Waals surface area contributed by atoms with Gasteiger partial charge in [-0.25, -0.2) is 17.6 Å². The fourth-order valence-corrected chi connectivity index (χ4v) is 1.10. The molecule has 0 aliphatic heterocycles. The Hall–Kier alpha value is -0.350. The van der Waals surface area contributed by atoms with Crippen LogP contribution >= 0.6 is 0 Å². The summed E-state index contributed by atoms with van der Waals surface area (Å²) in [5.41, 5.74) is 0. The molecule has 5 heteroatoms. The molecule has 0 rings (SSSR count). The second-order valence-electron chi connectivity index (χ2n) is 3.19. The minimum Gasteiger partial charge on any atom is -0.251 e. The maximum atomic E-state index is 12.6. The molecule has 0 N–H and O–H groups in total. The van der Waals surface area contributed by atoms with Gasteiger partial charge in [-0.1, -0.05) is 19.3 Å². The standard InChI is InChI=1S/C9H15F5/c10-6-4-2-1-3-5-7(11)8(12)9(13)14/h7-9H,1-6H2. The van der Waals surface area contributed by atoms with Crippen molar-refractivity contribution in [2.75, 3.05) is 6.67 Å². The lowest BCUT2D eigenvalue weighted by Gasteiger charge is -2.11. The molecule has 0 saturated heterocycles. The molecule has 0 radical (unpaired) electrons. The van der Waals surface area contributed by atoms with Crippen molar-refractivity contribution in [1.29, 1.82) is 0 Å². The average molecular weight is 218 g/mol. The van der Waals surface area contributed by atoms with Crippen molar-refractivity contribution in [2.24, 2.45) is 0 Å². The molecule has 0 amide bonds. The highest BCUT2D eigenvalue weighted by atomic mass is 19.3. The third-order valence-corrected chi connectivity index (χ3v) is 1.95. The normalized spacial score (nSPS) is 15.9. The molecule has 2 unspecified atom stereocenters. The summed E-state index contributed by atoms with van der Waals surface area (Å²) >= 11 is 0. The zero-order valence-electron chi connectivity index (χ0n) is 7.86. The molecule has 0 spiro atoms. The Morgan fingerprint density at radius 1 is 0.786 bits per heavy atom. The number of hydrogen-bond donors (Lipinski definition) is 0. The minimum absolute atomic E-state index is 0.211. The summed E-state index contributed by atoms with van der Waals surface area (Å²) in [5, 5.41) is 0. The van der Waals surface area contributed by atoms with Crippen LogP contribution in [0.5, 0.6) is 0 Å². The molecule has 0 bridgehead atoms. The molecule has 0 aromatic carbocycles. The fraction of sp³-hybridized carbons (Fsp3) is 1.00. The van der Waals surface area contributed by atoms with Crippen molar-refractivity contribution in [1.82, 2.24) is 0 Å². The van der Waals surface area contributed by atoms with Crippen LogP contribution in [0.4, 0.5) is 22.0 Å². The van der Waals surface area contributed by atoms with Gasteiger partial charge in [0.05, 0.1) is 6.67 Å². The van der Waals surface area contributed by atoms with Crippen molar-refractivity contribution < 1.29 is 22.0 Å². The van der Waals surface area contributed by atoms with Crippen molar-refractivity contribution >= 4 is 0 Å². The van der Waals surface area contributed by atoms with Crippen molar-refractivity contribution in [3.63, 3.8) is 0 Å². The Bertz CT molecular complexity index is 128. The highest BCUT2D eigenvalue weighted by Gasteiger charge is 2.28. The van der Waals surface area contributed by atoms with E-state index >= 15 is 0 Å².